The molecule has 0 heterocycles. The number of anilines is 1. The summed E-state index contributed by atoms with van der Waals surface area (Å²) < 4.78 is 0. The molecular formula is C11H17N3O3S. The Morgan fingerprint density at radius 1 is 1.61 bits per heavy atom. The molecule has 0 fully saturated rings. The van der Waals surface area contributed by atoms with Crippen LogP contribution in [-0.2, 0) is 5.75 Å². The smallest absolute Gasteiger partial charge is 0.293 e. The Hall–Kier alpha value is -1.31. The molecule has 1 aromatic rings. The summed E-state index contributed by atoms with van der Waals surface area (Å²) in [5, 5.41) is 20.0. The van der Waals surface area contributed by atoms with Crippen LogP contribution in [0.5, 0.6) is 0 Å². The second-order valence-electron chi connectivity index (χ2n) is 3.85. The number of aliphatic hydroxyl groups is 1. The van der Waals surface area contributed by atoms with Gasteiger partial charge in [-0.2, -0.15) is 11.8 Å². The number of para-hydroxylation sites is 1. The summed E-state index contributed by atoms with van der Waals surface area (Å²) in [6.45, 7) is 2.15. The number of aliphatic hydroxyl groups excluding tert-OH is 1. The summed E-state index contributed by atoms with van der Waals surface area (Å²) in [7, 11) is 0. The van der Waals surface area contributed by atoms with Crippen molar-refractivity contribution in [1.29, 1.82) is 0 Å². The van der Waals surface area contributed by atoms with Gasteiger partial charge in [0.1, 0.15) is 5.69 Å². The number of nitrogens with two attached hydrogens (primary N) is 1. The van der Waals surface area contributed by atoms with E-state index in [9.17, 15) is 10.1 Å². The first-order chi connectivity index (χ1) is 8.60. The third-order valence-electron chi connectivity index (χ3n) is 2.53. The minimum absolute atomic E-state index is 0.0228. The van der Waals surface area contributed by atoms with Gasteiger partial charge in [0.15, 0.2) is 0 Å². The Bertz CT molecular complexity index is 415. The molecule has 0 aliphatic carbocycles. The summed E-state index contributed by atoms with van der Waals surface area (Å²) in [6.07, 6.45) is 0.699. The molecular weight excluding hydrogens is 254 g/mol. The molecule has 100 valence electrons. The molecule has 0 saturated carbocycles. The number of nitrogen functional groups attached to an aromatic ring is 1. The fraction of sp³-hybridized carbons (Fsp3) is 0.455. The lowest BCUT2D eigenvalue weighted by atomic mass is 10.2. The summed E-state index contributed by atoms with van der Waals surface area (Å²) in [6, 6.07) is 4.87. The van der Waals surface area contributed by atoms with Crippen LogP contribution in [0.4, 0.5) is 11.4 Å². The van der Waals surface area contributed by atoms with Crippen molar-refractivity contribution >= 4 is 23.1 Å². The zero-order valence-electron chi connectivity index (χ0n) is 10.1. The van der Waals surface area contributed by atoms with Crippen LogP contribution in [0, 0.1) is 10.1 Å². The van der Waals surface area contributed by atoms with Gasteiger partial charge in [-0.25, -0.2) is 0 Å². The van der Waals surface area contributed by atoms with E-state index in [0.29, 0.717) is 23.1 Å². The Morgan fingerprint density at radius 2 is 2.33 bits per heavy atom. The first-order valence-electron chi connectivity index (χ1n) is 5.55. The largest absolute Gasteiger partial charge is 0.396 e. The number of rotatable bonds is 7. The monoisotopic (exact) mass is 271 g/mol. The van der Waals surface area contributed by atoms with Gasteiger partial charge in [0.2, 0.25) is 0 Å². The van der Waals surface area contributed by atoms with E-state index in [0.717, 1.165) is 5.56 Å². The van der Waals surface area contributed by atoms with Gasteiger partial charge in [-0.1, -0.05) is 19.1 Å². The van der Waals surface area contributed by atoms with Crippen molar-refractivity contribution in [3.8, 4) is 0 Å². The van der Waals surface area contributed by atoms with Crippen molar-refractivity contribution in [3.05, 3.63) is 33.9 Å². The van der Waals surface area contributed by atoms with E-state index in [2.05, 4.69) is 5.43 Å². The Balaban J connectivity index is 2.82. The molecule has 0 radical (unpaired) electrons. The second kappa shape index (κ2) is 7.20. The van der Waals surface area contributed by atoms with Crippen LogP contribution in [0.3, 0.4) is 0 Å². The number of hydrazine groups is 1. The number of hydrogen-bond donors (Lipinski definition) is 3. The normalized spacial score (nSPS) is 12.2. The minimum atomic E-state index is -0.458. The van der Waals surface area contributed by atoms with Gasteiger partial charge < -0.3 is 10.5 Å². The molecule has 0 aliphatic heterocycles. The van der Waals surface area contributed by atoms with Gasteiger partial charge in [0.05, 0.1) is 4.92 Å². The van der Waals surface area contributed by atoms with Crippen LogP contribution in [0.2, 0.25) is 0 Å². The maximum Gasteiger partial charge on any atom is 0.293 e. The maximum absolute atomic E-state index is 10.8. The van der Waals surface area contributed by atoms with Gasteiger partial charge in [0.25, 0.3) is 5.69 Å². The van der Waals surface area contributed by atoms with Crippen LogP contribution >= 0.6 is 11.8 Å². The molecule has 6 nitrogen and oxygen atoms in total. The number of nitro groups is 1. The Morgan fingerprint density at radius 3 is 2.89 bits per heavy atom. The van der Waals surface area contributed by atoms with Crippen LogP contribution < -0.4 is 11.3 Å². The highest BCUT2D eigenvalue weighted by atomic mass is 32.2. The SMILES string of the molecule is CC(CCO)SCc1cccc([N+](=O)[O-])c1NN. The topological polar surface area (TPSA) is 101 Å². The fourth-order valence-electron chi connectivity index (χ4n) is 1.52. The van der Waals surface area contributed by atoms with Gasteiger partial charge >= 0.3 is 0 Å². The van der Waals surface area contributed by atoms with Crippen molar-refractivity contribution in [2.24, 2.45) is 5.84 Å². The van der Waals surface area contributed by atoms with Crippen LogP contribution in [-0.4, -0.2) is 21.9 Å². The third-order valence-corrected chi connectivity index (χ3v) is 3.81. The van der Waals surface area contributed by atoms with E-state index >= 15 is 0 Å². The molecule has 0 aromatic heterocycles. The zero-order chi connectivity index (χ0) is 13.5. The number of hydrogen-bond acceptors (Lipinski definition) is 6. The van der Waals surface area contributed by atoms with E-state index in [4.69, 9.17) is 10.9 Å². The van der Waals surface area contributed by atoms with Crippen LogP contribution in [0.25, 0.3) is 0 Å². The molecule has 1 aromatic carbocycles. The first-order valence-corrected chi connectivity index (χ1v) is 6.60. The lowest BCUT2D eigenvalue weighted by Crippen LogP contribution is -2.11. The van der Waals surface area contributed by atoms with Crippen molar-refractivity contribution in [2.75, 3.05) is 12.0 Å². The van der Waals surface area contributed by atoms with E-state index < -0.39 is 4.92 Å². The van der Waals surface area contributed by atoms with Crippen LogP contribution in [0.15, 0.2) is 18.2 Å². The van der Waals surface area contributed by atoms with Gasteiger partial charge in [0, 0.05) is 23.7 Å². The molecule has 0 aliphatic rings. The molecule has 1 atom stereocenters. The van der Waals surface area contributed by atoms with Crippen molar-refractivity contribution in [1.82, 2.24) is 0 Å². The average Bonchev–Trinajstić information content (AvgIpc) is 2.36. The molecule has 7 heteroatoms. The predicted molar refractivity (Wildman–Crippen MR) is 73.4 cm³/mol. The van der Waals surface area contributed by atoms with E-state index in [1.165, 1.54) is 6.07 Å². The number of thioether (sulfide) groups is 1. The highest BCUT2D eigenvalue weighted by molar-refractivity contribution is 7.99. The maximum atomic E-state index is 10.8. The number of benzene rings is 1. The third kappa shape index (κ3) is 3.86. The molecule has 1 rings (SSSR count). The predicted octanol–water partition coefficient (Wildman–Crippen LogP) is 1.88. The Labute approximate surface area is 110 Å². The molecule has 18 heavy (non-hydrogen) atoms. The minimum Gasteiger partial charge on any atom is -0.396 e. The standard InChI is InChI=1S/C11H17N3O3S/c1-8(5-6-15)18-7-9-3-2-4-10(14(16)17)11(9)13-12/h2-4,8,13,15H,5-7,12H2,1H3. The number of nitrogens with one attached hydrogen (secondary N) is 1. The summed E-state index contributed by atoms with van der Waals surface area (Å²) in [5.41, 5.74) is 3.52. The molecule has 1 unspecified atom stereocenters. The van der Waals surface area contributed by atoms with E-state index in [1.54, 1.807) is 23.9 Å². The van der Waals surface area contributed by atoms with E-state index in [1.807, 2.05) is 6.92 Å². The van der Waals surface area contributed by atoms with Crippen molar-refractivity contribution in [3.63, 3.8) is 0 Å². The lowest BCUT2D eigenvalue weighted by Gasteiger charge is -2.12. The first kappa shape index (κ1) is 14.7. The highest BCUT2D eigenvalue weighted by Crippen LogP contribution is 2.31. The molecule has 0 spiro atoms. The molecule has 0 bridgehead atoms. The molecule has 0 saturated heterocycles. The van der Waals surface area contributed by atoms with Gasteiger partial charge in [-0.3, -0.25) is 16.0 Å². The number of nitro benzene ring substituents is 1. The molecule has 4 N–H and O–H groups in total. The second-order valence-corrected chi connectivity index (χ2v) is 5.27. The van der Waals surface area contributed by atoms with Crippen LogP contribution in [0.1, 0.15) is 18.9 Å². The van der Waals surface area contributed by atoms with Crippen molar-refractivity contribution < 1.29 is 10.0 Å². The van der Waals surface area contributed by atoms with Gasteiger partial charge in [-0.15, -0.1) is 0 Å². The van der Waals surface area contributed by atoms with Crippen molar-refractivity contribution in [2.45, 2.75) is 24.3 Å². The highest BCUT2D eigenvalue weighted by Gasteiger charge is 2.16. The summed E-state index contributed by atoms with van der Waals surface area (Å²) in [5.74, 6) is 5.96. The molecule has 0 amide bonds. The average molecular weight is 271 g/mol. The lowest BCUT2D eigenvalue weighted by molar-refractivity contribution is -0.384. The quantitative estimate of drug-likeness (QED) is 0.397. The summed E-state index contributed by atoms with van der Waals surface area (Å²) in [4.78, 5) is 10.4. The summed E-state index contributed by atoms with van der Waals surface area (Å²) >= 11 is 1.63. The fourth-order valence-corrected chi connectivity index (χ4v) is 2.50. The van der Waals surface area contributed by atoms with E-state index in [-0.39, 0.29) is 12.3 Å². The zero-order valence-corrected chi connectivity index (χ0v) is 10.9. The van der Waals surface area contributed by atoms with Gasteiger partial charge in [-0.05, 0) is 12.0 Å². The number of nitrogens with zero attached hydrogens (tertiary/aromatic N) is 1. The Kier molecular flexibility index (Phi) is 5.90.